The predicted octanol–water partition coefficient (Wildman–Crippen LogP) is 3.37. The van der Waals surface area contributed by atoms with Crippen LogP contribution in [-0.2, 0) is 13.1 Å². The van der Waals surface area contributed by atoms with Crippen LogP contribution in [0.5, 0.6) is 0 Å². The fourth-order valence-corrected chi connectivity index (χ4v) is 4.61. The number of fused-ring (bicyclic) bond motifs is 2. The van der Waals surface area contributed by atoms with Crippen molar-refractivity contribution in [2.45, 2.75) is 13.1 Å². The number of aromatic amines is 1. The lowest BCUT2D eigenvalue weighted by Gasteiger charge is -2.13. The van der Waals surface area contributed by atoms with Crippen LogP contribution in [0, 0.1) is 17.1 Å². The van der Waals surface area contributed by atoms with Crippen molar-refractivity contribution in [3.8, 4) is 6.07 Å². The minimum absolute atomic E-state index is 0.0903. The summed E-state index contributed by atoms with van der Waals surface area (Å²) in [5.41, 5.74) is 1.53. The van der Waals surface area contributed by atoms with E-state index < -0.39 is 17.1 Å². The molecule has 0 fully saturated rings. The third-order valence-electron chi connectivity index (χ3n) is 5.16. The van der Waals surface area contributed by atoms with Crippen LogP contribution in [0.25, 0.3) is 22.1 Å². The first-order valence-corrected chi connectivity index (χ1v) is 10.9. The van der Waals surface area contributed by atoms with Crippen molar-refractivity contribution in [1.82, 2.24) is 22.9 Å². The van der Waals surface area contributed by atoms with Gasteiger partial charge in [0.25, 0.3) is 5.56 Å². The maximum atomic E-state index is 14.4. The second kappa shape index (κ2) is 7.81. The highest BCUT2D eigenvalue weighted by Crippen LogP contribution is 2.20. The predicted molar refractivity (Wildman–Crippen MR) is 121 cm³/mol. The van der Waals surface area contributed by atoms with E-state index in [2.05, 4.69) is 35.7 Å². The molecule has 11 heteroatoms. The Morgan fingerprint density at radius 1 is 1.12 bits per heavy atom. The van der Waals surface area contributed by atoms with E-state index in [1.807, 2.05) is 0 Å². The van der Waals surface area contributed by atoms with Crippen LogP contribution in [0.4, 0.5) is 4.39 Å². The van der Waals surface area contributed by atoms with Gasteiger partial charge >= 0.3 is 5.69 Å². The smallest absolute Gasteiger partial charge is 0.332 e. The first-order chi connectivity index (χ1) is 15.5. The highest BCUT2D eigenvalue weighted by molar-refractivity contribution is 9.10. The second-order valence-corrected chi connectivity index (χ2v) is 8.50. The van der Waals surface area contributed by atoms with Gasteiger partial charge in [-0.05, 0) is 51.3 Å². The highest BCUT2D eigenvalue weighted by Gasteiger charge is 2.18. The Morgan fingerprint density at radius 2 is 1.94 bits per heavy atom. The molecular weight excluding hydrogens is 499 g/mol. The molecule has 0 amide bonds. The number of hydrogen-bond acceptors (Lipinski definition) is 6. The van der Waals surface area contributed by atoms with Crippen LogP contribution < -0.4 is 11.2 Å². The van der Waals surface area contributed by atoms with Crippen molar-refractivity contribution in [2.75, 3.05) is 0 Å². The first kappa shape index (κ1) is 20.3. The molecule has 1 N–H and O–H groups in total. The monoisotopic (exact) mass is 510 g/mol. The lowest BCUT2D eigenvalue weighted by atomic mass is 10.1. The Balaban J connectivity index is 1.70. The van der Waals surface area contributed by atoms with Gasteiger partial charge in [-0.1, -0.05) is 18.2 Å². The Kier molecular flexibility index (Phi) is 4.96. The Morgan fingerprint density at radius 3 is 2.75 bits per heavy atom. The van der Waals surface area contributed by atoms with E-state index in [0.717, 1.165) is 16.3 Å². The van der Waals surface area contributed by atoms with Crippen LogP contribution in [0.15, 0.2) is 56.7 Å². The quantitative estimate of drug-likeness (QED) is 0.398. The third kappa shape index (κ3) is 3.34. The fourth-order valence-electron chi connectivity index (χ4n) is 3.67. The molecule has 0 bridgehead atoms. The van der Waals surface area contributed by atoms with E-state index in [-0.39, 0.29) is 24.1 Å². The molecule has 5 aromatic rings. The summed E-state index contributed by atoms with van der Waals surface area (Å²) in [6.07, 6.45) is 0. The molecule has 32 heavy (non-hydrogen) atoms. The number of halogens is 2. The summed E-state index contributed by atoms with van der Waals surface area (Å²) < 4.78 is 25.3. The number of hydrogen-bond donors (Lipinski definition) is 1. The summed E-state index contributed by atoms with van der Waals surface area (Å²) >= 11 is 4.21. The van der Waals surface area contributed by atoms with E-state index in [1.165, 1.54) is 10.6 Å². The lowest BCUT2D eigenvalue weighted by Crippen LogP contribution is -2.40. The van der Waals surface area contributed by atoms with Gasteiger partial charge in [-0.15, -0.1) is 0 Å². The molecule has 0 radical (unpaired) electrons. The Hall–Kier alpha value is -3.62. The maximum Gasteiger partial charge on any atom is 0.332 e. The van der Waals surface area contributed by atoms with Gasteiger partial charge in [0, 0.05) is 0 Å². The van der Waals surface area contributed by atoms with Crippen molar-refractivity contribution >= 4 is 49.7 Å². The summed E-state index contributed by atoms with van der Waals surface area (Å²) in [5, 5.41) is 9.42. The molecule has 0 saturated carbocycles. The SMILES string of the molecule is N#Cc1ccccc1Cn1c(=O)n(Cc2cc(F)c3nsnc3c2)c(=O)c2[nH]c(Br)cc21. The Labute approximate surface area is 191 Å². The number of benzene rings is 2. The molecular formula is C21H12BrFN6O2S. The second-order valence-electron chi connectivity index (χ2n) is 7.12. The number of H-pyrrole nitrogens is 1. The topological polar surface area (TPSA) is 109 Å². The van der Waals surface area contributed by atoms with Crippen LogP contribution in [0.1, 0.15) is 16.7 Å². The molecule has 0 unspecified atom stereocenters. The van der Waals surface area contributed by atoms with Gasteiger partial charge < -0.3 is 4.98 Å². The summed E-state index contributed by atoms with van der Waals surface area (Å²) in [5.74, 6) is -0.564. The molecule has 158 valence electrons. The van der Waals surface area contributed by atoms with E-state index >= 15 is 0 Å². The summed E-state index contributed by atoms with van der Waals surface area (Å²) in [7, 11) is 0. The van der Waals surface area contributed by atoms with Crippen molar-refractivity contribution in [2.24, 2.45) is 0 Å². The third-order valence-corrected chi connectivity index (χ3v) is 6.13. The molecule has 0 aliphatic heterocycles. The average Bonchev–Trinajstić information content (AvgIpc) is 3.41. The molecule has 0 aliphatic carbocycles. The van der Waals surface area contributed by atoms with Gasteiger partial charge in [-0.25, -0.2) is 9.18 Å². The van der Waals surface area contributed by atoms with E-state index in [0.29, 0.717) is 32.3 Å². The molecule has 0 aliphatic rings. The van der Waals surface area contributed by atoms with E-state index in [1.54, 1.807) is 36.4 Å². The van der Waals surface area contributed by atoms with E-state index in [9.17, 15) is 19.2 Å². The number of aromatic nitrogens is 5. The van der Waals surface area contributed by atoms with Crippen LogP contribution >= 0.6 is 27.7 Å². The zero-order chi connectivity index (χ0) is 22.4. The standard InChI is InChI=1S/C21H12BrFN6O2S/c22-17-7-16-19(25-17)20(30)29(9-11-5-14(23)18-15(6-11)26-32-27-18)21(31)28(16)10-13-4-2-1-3-12(13)8-24/h1-7,25H,9-10H2. The van der Waals surface area contributed by atoms with Gasteiger partial charge in [0.05, 0.1) is 46.6 Å². The van der Waals surface area contributed by atoms with Gasteiger partial charge in [-0.2, -0.15) is 14.0 Å². The summed E-state index contributed by atoms with van der Waals surface area (Å²) in [6, 6.07) is 13.6. The lowest BCUT2D eigenvalue weighted by molar-refractivity contribution is 0.618. The van der Waals surface area contributed by atoms with Gasteiger partial charge in [0.15, 0.2) is 5.82 Å². The fraction of sp³-hybridized carbons (Fsp3) is 0.0952. The minimum Gasteiger partial charge on any atom is -0.343 e. The molecule has 0 saturated heterocycles. The van der Waals surface area contributed by atoms with Crippen molar-refractivity contribution in [3.05, 3.63) is 90.4 Å². The number of rotatable bonds is 4. The minimum atomic E-state index is -0.571. The Bertz CT molecular complexity index is 1680. The van der Waals surface area contributed by atoms with Gasteiger partial charge in [0.2, 0.25) is 0 Å². The van der Waals surface area contributed by atoms with Gasteiger partial charge in [-0.3, -0.25) is 13.9 Å². The molecule has 0 spiro atoms. The van der Waals surface area contributed by atoms with Gasteiger partial charge in [0.1, 0.15) is 16.6 Å². The largest absolute Gasteiger partial charge is 0.343 e. The number of nitrogens with one attached hydrogen (secondary N) is 1. The van der Waals surface area contributed by atoms with Crippen LogP contribution in [0.2, 0.25) is 0 Å². The number of nitrogens with zero attached hydrogens (tertiary/aromatic N) is 5. The molecule has 3 aromatic heterocycles. The maximum absolute atomic E-state index is 14.4. The molecule has 5 rings (SSSR count). The van der Waals surface area contributed by atoms with Crippen molar-refractivity contribution < 1.29 is 4.39 Å². The van der Waals surface area contributed by atoms with E-state index in [4.69, 9.17) is 0 Å². The summed E-state index contributed by atoms with van der Waals surface area (Å²) in [4.78, 5) is 29.5. The van der Waals surface area contributed by atoms with Crippen molar-refractivity contribution in [3.63, 3.8) is 0 Å². The van der Waals surface area contributed by atoms with Crippen LogP contribution in [0.3, 0.4) is 0 Å². The zero-order valence-corrected chi connectivity index (χ0v) is 18.6. The molecule has 3 heterocycles. The molecule has 8 nitrogen and oxygen atoms in total. The molecule has 2 aromatic carbocycles. The number of nitriles is 1. The van der Waals surface area contributed by atoms with Crippen LogP contribution in [-0.4, -0.2) is 22.9 Å². The summed E-state index contributed by atoms with van der Waals surface area (Å²) in [6.45, 7) is -0.0540. The molecule has 0 atom stereocenters. The normalized spacial score (nSPS) is 11.3. The first-order valence-electron chi connectivity index (χ1n) is 9.37. The highest BCUT2D eigenvalue weighted by atomic mass is 79.9. The van der Waals surface area contributed by atoms with Crippen molar-refractivity contribution in [1.29, 1.82) is 5.26 Å². The average molecular weight is 511 g/mol. The zero-order valence-electron chi connectivity index (χ0n) is 16.2.